The number of fused-ring (bicyclic) bond motifs is 1. The van der Waals surface area contributed by atoms with E-state index in [0.717, 1.165) is 11.8 Å². The second kappa shape index (κ2) is 1.94. The van der Waals surface area contributed by atoms with Crippen molar-refractivity contribution < 1.29 is 0 Å². The molecule has 1 nitrogen and oxygen atoms in total. The van der Waals surface area contributed by atoms with Gasteiger partial charge in [0.25, 0.3) is 0 Å². The topological polar surface area (TPSA) is 12.4 Å². The Kier molecular flexibility index (Phi) is 1.10. The van der Waals surface area contributed by atoms with E-state index in [1.165, 1.54) is 10.8 Å². The number of hydrogen-bond donors (Lipinski definition) is 0. The molecule has 0 bridgehead atoms. The van der Waals surface area contributed by atoms with Gasteiger partial charge in [-0.15, -0.1) is 0 Å². The normalized spacial score (nSPS) is 12.5. The van der Waals surface area contributed by atoms with Crippen molar-refractivity contribution in [2.45, 2.75) is 13.3 Å². The van der Waals surface area contributed by atoms with E-state index in [2.05, 4.69) is 30.1 Å². The molecule has 0 aromatic heterocycles. The number of aryl methyl sites for hydroxylation is 1. The fourth-order valence-corrected chi connectivity index (χ4v) is 1.10. The van der Waals surface area contributed by atoms with Crippen LogP contribution in [-0.4, -0.2) is 0 Å². The molecule has 0 amide bonds. The Hall–Kier alpha value is -1.11. The van der Waals surface area contributed by atoms with E-state index >= 15 is 0 Å². The summed E-state index contributed by atoms with van der Waals surface area (Å²) in [5.41, 5.74) is 1.37. The first-order valence-corrected chi connectivity index (χ1v) is 3.57. The van der Waals surface area contributed by atoms with Crippen LogP contribution in [0.5, 0.6) is 0 Å². The van der Waals surface area contributed by atoms with Crippen molar-refractivity contribution in [1.82, 2.24) is 0 Å². The Morgan fingerprint density at radius 3 is 2.80 bits per heavy atom. The SMILES string of the molecule is CCc1ccc2c(c1)=NC=2. The van der Waals surface area contributed by atoms with Gasteiger partial charge in [0.2, 0.25) is 0 Å². The zero-order chi connectivity index (χ0) is 6.97. The van der Waals surface area contributed by atoms with Crippen molar-refractivity contribution in [3.63, 3.8) is 0 Å². The Labute approximate surface area is 59.7 Å². The second-order valence-electron chi connectivity index (χ2n) is 2.50. The lowest BCUT2D eigenvalue weighted by Gasteiger charge is -1.99. The van der Waals surface area contributed by atoms with Gasteiger partial charge in [-0.1, -0.05) is 19.1 Å². The smallest absolute Gasteiger partial charge is 0.0720 e. The molecule has 0 fully saturated rings. The molecule has 10 heavy (non-hydrogen) atoms. The molecule has 0 saturated heterocycles. The minimum absolute atomic E-state index is 1.10. The van der Waals surface area contributed by atoms with Crippen molar-refractivity contribution in [3.8, 4) is 0 Å². The summed E-state index contributed by atoms with van der Waals surface area (Å²) in [5.74, 6) is 0. The Balaban J connectivity index is 2.65. The third kappa shape index (κ3) is 0.670. The number of nitrogens with zero attached hydrogens (tertiary/aromatic N) is 1. The molecule has 0 spiro atoms. The van der Waals surface area contributed by atoms with Crippen LogP contribution in [0.3, 0.4) is 0 Å². The van der Waals surface area contributed by atoms with Gasteiger partial charge < -0.3 is 0 Å². The zero-order valence-corrected chi connectivity index (χ0v) is 5.96. The van der Waals surface area contributed by atoms with E-state index < -0.39 is 0 Å². The van der Waals surface area contributed by atoms with Crippen LogP contribution >= 0.6 is 0 Å². The maximum Gasteiger partial charge on any atom is 0.0720 e. The van der Waals surface area contributed by atoms with Gasteiger partial charge in [0.05, 0.1) is 5.36 Å². The molecule has 50 valence electrons. The van der Waals surface area contributed by atoms with Gasteiger partial charge in [0.15, 0.2) is 0 Å². The Morgan fingerprint density at radius 1 is 1.40 bits per heavy atom. The van der Waals surface area contributed by atoms with E-state index in [1.807, 2.05) is 6.20 Å². The highest BCUT2D eigenvalue weighted by molar-refractivity contribution is 5.32. The highest BCUT2D eigenvalue weighted by Crippen LogP contribution is 1.93. The molecule has 0 radical (unpaired) electrons. The van der Waals surface area contributed by atoms with Crippen LogP contribution < -0.4 is 10.6 Å². The molecule has 0 atom stereocenters. The average Bonchev–Trinajstić information content (AvgIpc) is 1.92. The lowest BCUT2D eigenvalue weighted by atomic mass is 10.1. The second-order valence-corrected chi connectivity index (χ2v) is 2.50. The number of hydrogen-bond acceptors (Lipinski definition) is 1. The quantitative estimate of drug-likeness (QED) is 0.530. The third-order valence-electron chi connectivity index (χ3n) is 1.85. The van der Waals surface area contributed by atoms with E-state index in [4.69, 9.17) is 0 Å². The van der Waals surface area contributed by atoms with Gasteiger partial charge in [0.1, 0.15) is 0 Å². The molecule has 0 aliphatic carbocycles. The van der Waals surface area contributed by atoms with Crippen molar-refractivity contribution in [1.29, 1.82) is 0 Å². The fourth-order valence-electron chi connectivity index (χ4n) is 1.10. The summed E-state index contributed by atoms with van der Waals surface area (Å²) < 4.78 is 0. The van der Waals surface area contributed by atoms with E-state index in [-0.39, 0.29) is 0 Å². The monoisotopic (exact) mass is 131 g/mol. The summed E-state index contributed by atoms with van der Waals surface area (Å²) in [6, 6.07) is 6.43. The van der Waals surface area contributed by atoms with E-state index in [0.29, 0.717) is 0 Å². The van der Waals surface area contributed by atoms with Crippen LogP contribution in [-0.2, 0) is 6.42 Å². The van der Waals surface area contributed by atoms with Gasteiger partial charge in [-0.05, 0) is 18.1 Å². The van der Waals surface area contributed by atoms with Crippen molar-refractivity contribution in [3.05, 3.63) is 34.3 Å². The van der Waals surface area contributed by atoms with Gasteiger partial charge in [-0.3, -0.25) is 4.99 Å². The Morgan fingerprint density at radius 2 is 2.30 bits per heavy atom. The first-order valence-electron chi connectivity index (χ1n) is 3.57. The Bertz CT molecular complexity index is 363. The van der Waals surface area contributed by atoms with Crippen molar-refractivity contribution in [2.75, 3.05) is 0 Å². The van der Waals surface area contributed by atoms with Crippen LogP contribution in [0.25, 0.3) is 6.20 Å². The van der Waals surface area contributed by atoms with Crippen LogP contribution in [0.15, 0.2) is 23.2 Å². The highest BCUT2D eigenvalue weighted by atomic mass is 14.7. The summed E-state index contributed by atoms with van der Waals surface area (Å²) >= 11 is 0. The summed E-state index contributed by atoms with van der Waals surface area (Å²) in [6.07, 6.45) is 3.00. The first-order chi connectivity index (χ1) is 4.90. The van der Waals surface area contributed by atoms with Crippen LogP contribution in [0, 0.1) is 0 Å². The lowest BCUT2D eigenvalue weighted by molar-refractivity contribution is 1.11. The number of benzene rings is 1. The summed E-state index contributed by atoms with van der Waals surface area (Å²) in [5, 5.41) is 2.43. The maximum absolute atomic E-state index is 4.12. The molecule has 1 aliphatic rings. The molecule has 1 heteroatoms. The molecule has 1 aromatic rings. The van der Waals surface area contributed by atoms with Crippen LogP contribution in [0.2, 0.25) is 0 Å². The molecule has 0 unspecified atom stereocenters. The van der Waals surface area contributed by atoms with Gasteiger partial charge in [0, 0.05) is 11.4 Å². The number of rotatable bonds is 1. The summed E-state index contributed by atoms with van der Waals surface area (Å²) in [4.78, 5) is 4.12. The van der Waals surface area contributed by atoms with Gasteiger partial charge >= 0.3 is 0 Å². The molecule has 2 rings (SSSR count). The molecule has 0 N–H and O–H groups in total. The average molecular weight is 131 g/mol. The highest BCUT2D eigenvalue weighted by Gasteiger charge is 1.94. The molecule has 1 aromatic carbocycles. The molecule has 0 saturated carbocycles. The standard InChI is InChI=1S/C9H9N/c1-2-7-3-4-8-6-10-9(8)5-7/h3-6H,2H2,1H3. The molecular formula is C9H9N. The lowest BCUT2D eigenvalue weighted by Crippen LogP contribution is -2.30. The third-order valence-corrected chi connectivity index (χ3v) is 1.85. The summed E-state index contributed by atoms with van der Waals surface area (Å²) in [6.45, 7) is 2.16. The minimum Gasteiger partial charge on any atom is -0.255 e. The van der Waals surface area contributed by atoms with Crippen LogP contribution in [0.4, 0.5) is 0 Å². The summed E-state index contributed by atoms with van der Waals surface area (Å²) in [7, 11) is 0. The predicted octanol–water partition coefficient (Wildman–Crippen LogP) is 0.620. The van der Waals surface area contributed by atoms with Gasteiger partial charge in [-0.2, -0.15) is 0 Å². The van der Waals surface area contributed by atoms with Crippen molar-refractivity contribution >= 4 is 6.20 Å². The van der Waals surface area contributed by atoms with Crippen LogP contribution in [0.1, 0.15) is 12.5 Å². The molecule has 1 aliphatic heterocycles. The van der Waals surface area contributed by atoms with Crippen molar-refractivity contribution in [2.24, 2.45) is 4.99 Å². The molecular weight excluding hydrogens is 122 g/mol. The van der Waals surface area contributed by atoms with Gasteiger partial charge in [-0.25, -0.2) is 0 Å². The van der Waals surface area contributed by atoms with E-state index in [9.17, 15) is 0 Å². The zero-order valence-electron chi connectivity index (χ0n) is 5.96. The molecule has 1 heterocycles. The maximum atomic E-state index is 4.12. The minimum atomic E-state index is 1.10. The first kappa shape index (κ1) is 5.66. The van der Waals surface area contributed by atoms with E-state index in [1.54, 1.807) is 0 Å². The largest absolute Gasteiger partial charge is 0.255 e. The predicted molar refractivity (Wildman–Crippen MR) is 41.1 cm³/mol. The fraction of sp³-hybridized carbons (Fsp3) is 0.222.